The van der Waals surface area contributed by atoms with E-state index in [2.05, 4.69) is 11.8 Å². The average Bonchev–Trinajstić information content (AvgIpc) is 2.39. The highest BCUT2D eigenvalue weighted by Gasteiger charge is 2.42. The molecule has 4 heteroatoms. The van der Waals surface area contributed by atoms with Gasteiger partial charge in [0.1, 0.15) is 17.2 Å². The third kappa shape index (κ3) is 2.35. The highest BCUT2D eigenvalue weighted by Crippen LogP contribution is 2.44. The van der Waals surface area contributed by atoms with E-state index in [1.807, 2.05) is 0 Å². The number of aliphatic hydroxyl groups excluding tert-OH is 1. The number of nitrogens with zero attached hydrogens (tertiary/aromatic N) is 1. The number of fused-ring (bicyclic) bond motifs is 1. The standard InChI is InChI=1S/C15H20FNO2/c1-2-17-7-5-15(6-8-17)10-13(18)12-4-3-11(16)9-14(12)19-15/h3-4,9,13,18H,2,5-8,10H2,1H3. The van der Waals surface area contributed by atoms with Crippen LogP contribution in [0.5, 0.6) is 5.75 Å². The third-order valence-electron chi connectivity index (χ3n) is 4.44. The number of halogens is 1. The van der Waals surface area contributed by atoms with Crippen molar-refractivity contribution in [3.63, 3.8) is 0 Å². The fourth-order valence-corrected chi connectivity index (χ4v) is 3.19. The first kappa shape index (κ1) is 12.9. The highest BCUT2D eigenvalue weighted by molar-refractivity contribution is 5.38. The van der Waals surface area contributed by atoms with Crippen molar-refractivity contribution in [2.24, 2.45) is 0 Å². The molecule has 1 aromatic rings. The lowest BCUT2D eigenvalue weighted by molar-refractivity contribution is -0.0533. The number of rotatable bonds is 1. The summed E-state index contributed by atoms with van der Waals surface area (Å²) in [6.45, 7) is 5.16. The first-order chi connectivity index (χ1) is 9.12. The van der Waals surface area contributed by atoms with Crippen LogP contribution in [0.2, 0.25) is 0 Å². The number of aliphatic hydroxyl groups is 1. The van der Waals surface area contributed by atoms with Gasteiger partial charge in [0.05, 0.1) is 6.10 Å². The van der Waals surface area contributed by atoms with Crippen molar-refractivity contribution in [1.82, 2.24) is 4.90 Å². The van der Waals surface area contributed by atoms with Crippen LogP contribution < -0.4 is 4.74 Å². The summed E-state index contributed by atoms with van der Waals surface area (Å²) in [6.07, 6.45) is 1.86. The van der Waals surface area contributed by atoms with Crippen LogP contribution in [0.15, 0.2) is 18.2 Å². The van der Waals surface area contributed by atoms with Crippen molar-refractivity contribution in [3.8, 4) is 5.75 Å². The lowest BCUT2D eigenvalue weighted by Crippen LogP contribution is -2.50. The average molecular weight is 265 g/mol. The number of piperidine rings is 1. The summed E-state index contributed by atoms with van der Waals surface area (Å²) in [5.74, 6) is 0.206. The predicted octanol–water partition coefficient (Wildman–Crippen LogP) is 2.50. The van der Waals surface area contributed by atoms with Crippen molar-refractivity contribution in [3.05, 3.63) is 29.6 Å². The summed E-state index contributed by atoms with van der Waals surface area (Å²) in [4.78, 5) is 2.38. The number of hydrogen-bond acceptors (Lipinski definition) is 3. The molecule has 2 aliphatic rings. The van der Waals surface area contributed by atoms with Crippen LogP contribution in [0, 0.1) is 5.82 Å². The number of benzene rings is 1. The van der Waals surface area contributed by atoms with Crippen LogP contribution in [0.25, 0.3) is 0 Å². The molecule has 0 bridgehead atoms. The van der Waals surface area contributed by atoms with E-state index < -0.39 is 6.10 Å². The Balaban J connectivity index is 1.84. The molecule has 1 unspecified atom stereocenters. The van der Waals surface area contributed by atoms with Gasteiger partial charge in [0.25, 0.3) is 0 Å². The normalized spacial score (nSPS) is 25.9. The van der Waals surface area contributed by atoms with E-state index in [1.165, 1.54) is 12.1 Å². The number of likely N-dealkylation sites (tertiary alicyclic amines) is 1. The molecule has 1 fully saturated rings. The van der Waals surface area contributed by atoms with E-state index in [0.717, 1.165) is 32.5 Å². The SMILES string of the molecule is CCN1CCC2(CC1)CC(O)c1ccc(F)cc1O2. The minimum atomic E-state index is -0.544. The third-order valence-corrected chi connectivity index (χ3v) is 4.44. The zero-order valence-corrected chi connectivity index (χ0v) is 11.2. The van der Waals surface area contributed by atoms with Crippen LogP contribution >= 0.6 is 0 Å². The first-order valence-electron chi connectivity index (χ1n) is 7.01. The Morgan fingerprint density at radius 3 is 2.84 bits per heavy atom. The summed E-state index contributed by atoms with van der Waals surface area (Å²) >= 11 is 0. The molecule has 0 aromatic heterocycles. The molecule has 1 aromatic carbocycles. The zero-order valence-electron chi connectivity index (χ0n) is 11.2. The maximum atomic E-state index is 13.3. The molecule has 3 rings (SSSR count). The molecular weight excluding hydrogens is 245 g/mol. The van der Waals surface area contributed by atoms with Gasteiger partial charge in [0.15, 0.2) is 0 Å². The Hall–Kier alpha value is -1.13. The van der Waals surface area contributed by atoms with E-state index in [0.29, 0.717) is 17.7 Å². The predicted molar refractivity (Wildman–Crippen MR) is 70.7 cm³/mol. The monoisotopic (exact) mass is 265 g/mol. The van der Waals surface area contributed by atoms with E-state index in [1.54, 1.807) is 6.07 Å². The van der Waals surface area contributed by atoms with Crippen molar-refractivity contribution < 1.29 is 14.2 Å². The minimum Gasteiger partial charge on any atom is -0.487 e. The van der Waals surface area contributed by atoms with Crippen molar-refractivity contribution in [2.75, 3.05) is 19.6 Å². The van der Waals surface area contributed by atoms with Crippen LogP contribution in [0.3, 0.4) is 0 Å². The topological polar surface area (TPSA) is 32.7 Å². The molecule has 1 spiro atoms. The maximum absolute atomic E-state index is 13.3. The first-order valence-corrected chi connectivity index (χ1v) is 7.01. The van der Waals surface area contributed by atoms with Gasteiger partial charge in [-0.25, -0.2) is 4.39 Å². The molecule has 2 aliphatic heterocycles. The molecule has 0 saturated carbocycles. The van der Waals surface area contributed by atoms with Gasteiger partial charge in [0, 0.05) is 31.1 Å². The summed E-state index contributed by atoms with van der Waals surface area (Å²) in [5, 5.41) is 10.3. The van der Waals surface area contributed by atoms with Gasteiger partial charge in [-0.1, -0.05) is 6.92 Å². The van der Waals surface area contributed by atoms with Gasteiger partial charge in [-0.2, -0.15) is 0 Å². The van der Waals surface area contributed by atoms with Gasteiger partial charge in [0.2, 0.25) is 0 Å². The fourth-order valence-electron chi connectivity index (χ4n) is 3.19. The Morgan fingerprint density at radius 2 is 2.16 bits per heavy atom. The quantitative estimate of drug-likeness (QED) is 0.847. The zero-order chi connectivity index (χ0) is 13.5. The molecule has 104 valence electrons. The second kappa shape index (κ2) is 4.76. The molecule has 0 amide bonds. The molecular formula is C15H20FNO2. The molecule has 0 radical (unpaired) electrons. The van der Waals surface area contributed by atoms with Crippen molar-refractivity contribution in [2.45, 2.75) is 37.9 Å². The molecule has 1 N–H and O–H groups in total. The van der Waals surface area contributed by atoms with Crippen LogP contribution in [0.1, 0.15) is 37.9 Å². The minimum absolute atomic E-state index is 0.311. The fraction of sp³-hybridized carbons (Fsp3) is 0.600. The molecule has 1 saturated heterocycles. The lowest BCUT2D eigenvalue weighted by atomic mass is 9.81. The van der Waals surface area contributed by atoms with Gasteiger partial charge >= 0.3 is 0 Å². The summed E-state index contributed by atoms with van der Waals surface area (Å²) < 4.78 is 19.4. The Kier molecular flexibility index (Phi) is 3.23. The number of hydrogen-bond donors (Lipinski definition) is 1. The largest absolute Gasteiger partial charge is 0.487 e. The van der Waals surface area contributed by atoms with Crippen LogP contribution in [-0.2, 0) is 0 Å². The van der Waals surface area contributed by atoms with E-state index in [9.17, 15) is 9.50 Å². The van der Waals surface area contributed by atoms with Gasteiger partial charge in [-0.05, 0) is 31.5 Å². The Bertz CT molecular complexity index is 469. The second-order valence-corrected chi connectivity index (χ2v) is 5.62. The van der Waals surface area contributed by atoms with Gasteiger partial charge in [-0.15, -0.1) is 0 Å². The van der Waals surface area contributed by atoms with E-state index in [-0.39, 0.29) is 11.4 Å². The van der Waals surface area contributed by atoms with E-state index >= 15 is 0 Å². The molecule has 19 heavy (non-hydrogen) atoms. The van der Waals surface area contributed by atoms with Gasteiger partial charge < -0.3 is 14.7 Å². The molecule has 1 atom stereocenters. The highest BCUT2D eigenvalue weighted by atomic mass is 19.1. The van der Waals surface area contributed by atoms with Crippen molar-refractivity contribution >= 4 is 0 Å². The van der Waals surface area contributed by atoms with E-state index in [4.69, 9.17) is 4.74 Å². The van der Waals surface area contributed by atoms with Gasteiger partial charge in [-0.3, -0.25) is 0 Å². The lowest BCUT2D eigenvalue weighted by Gasteiger charge is -2.45. The Labute approximate surface area is 113 Å². The van der Waals surface area contributed by atoms with Crippen LogP contribution in [-0.4, -0.2) is 35.2 Å². The second-order valence-electron chi connectivity index (χ2n) is 5.62. The number of ether oxygens (including phenoxy) is 1. The summed E-state index contributed by atoms with van der Waals surface area (Å²) in [5.41, 5.74) is 0.399. The smallest absolute Gasteiger partial charge is 0.128 e. The Morgan fingerprint density at radius 1 is 1.42 bits per heavy atom. The van der Waals surface area contributed by atoms with Crippen LogP contribution in [0.4, 0.5) is 4.39 Å². The molecule has 3 nitrogen and oxygen atoms in total. The summed E-state index contributed by atoms with van der Waals surface area (Å²) in [6, 6.07) is 4.40. The molecule has 2 heterocycles. The summed E-state index contributed by atoms with van der Waals surface area (Å²) in [7, 11) is 0. The molecule has 0 aliphatic carbocycles. The van der Waals surface area contributed by atoms with Crippen molar-refractivity contribution in [1.29, 1.82) is 0 Å². The maximum Gasteiger partial charge on any atom is 0.128 e.